The molecule has 5 nitrogen and oxygen atoms in total. The molecule has 0 bridgehead atoms. The smallest absolute Gasteiger partial charge is 0.274 e. The van der Waals surface area contributed by atoms with Crippen molar-refractivity contribution in [2.45, 2.75) is 19.3 Å². The zero-order chi connectivity index (χ0) is 14.5. The quantitative estimate of drug-likeness (QED) is 0.940. The van der Waals surface area contributed by atoms with Crippen molar-refractivity contribution in [3.05, 3.63) is 48.5 Å². The summed E-state index contributed by atoms with van der Waals surface area (Å²) < 4.78 is 0. The van der Waals surface area contributed by atoms with Crippen molar-refractivity contribution in [3.8, 4) is 0 Å². The van der Waals surface area contributed by atoms with Crippen LogP contribution in [0.3, 0.4) is 0 Å². The predicted molar refractivity (Wildman–Crippen MR) is 82.5 cm³/mol. The fourth-order valence-corrected chi connectivity index (χ4v) is 2.53. The number of piperidine rings is 1. The van der Waals surface area contributed by atoms with E-state index in [4.69, 9.17) is 0 Å². The second-order valence-electron chi connectivity index (χ2n) is 5.14. The maximum atomic E-state index is 12.0. The van der Waals surface area contributed by atoms with E-state index in [2.05, 4.69) is 32.3 Å². The number of anilines is 2. The van der Waals surface area contributed by atoms with Gasteiger partial charge in [0, 0.05) is 30.7 Å². The molecule has 0 atom stereocenters. The summed E-state index contributed by atoms with van der Waals surface area (Å²) in [6, 6.07) is 9.57. The molecule has 0 unspecified atom stereocenters. The number of aromatic nitrogens is 2. The fraction of sp³-hybridized carbons (Fsp3) is 0.312. The van der Waals surface area contributed by atoms with Gasteiger partial charge in [0.25, 0.3) is 5.91 Å². The molecule has 2 heterocycles. The Hall–Kier alpha value is -2.43. The van der Waals surface area contributed by atoms with Crippen LogP contribution in [0.4, 0.5) is 11.4 Å². The number of nitrogens with one attached hydrogen (secondary N) is 1. The van der Waals surface area contributed by atoms with E-state index in [1.165, 1.54) is 31.3 Å². The van der Waals surface area contributed by atoms with Crippen LogP contribution >= 0.6 is 0 Å². The number of hydrogen-bond acceptors (Lipinski definition) is 4. The lowest BCUT2D eigenvalue weighted by atomic mass is 10.1. The van der Waals surface area contributed by atoms with E-state index in [-0.39, 0.29) is 5.91 Å². The minimum atomic E-state index is -0.219. The molecule has 3 rings (SSSR count). The molecule has 1 fully saturated rings. The highest BCUT2D eigenvalue weighted by Crippen LogP contribution is 2.21. The Labute approximate surface area is 124 Å². The SMILES string of the molecule is O=C(Nc1ccc(N2CCCCC2)cc1)c1ccncn1. The first kappa shape index (κ1) is 13.5. The third-order valence-corrected chi connectivity index (χ3v) is 3.66. The predicted octanol–water partition coefficient (Wildman–Crippen LogP) is 2.72. The molecule has 0 saturated carbocycles. The highest BCUT2D eigenvalue weighted by Gasteiger charge is 2.11. The lowest BCUT2D eigenvalue weighted by molar-refractivity contribution is 0.102. The van der Waals surface area contributed by atoms with Crippen molar-refractivity contribution >= 4 is 17.3 Å². The molecule has 1 saturated heterocycles. The van der Waals surface area contributed by atoms with E-state index in [0.717, 1.165) is 18.8 Å². The average Bonchev–Trinajstić information content (AvgIpc) is 2.57. The number of nitrogens with zero attached hydrogens (tertiary/aromatic N) is 3. The summed E-state index contributed by atoms with van der Waals surface area (Å²) in [5, 5.41) is 2.84. The van der Waals surface area contributed by atoms with Gasteiger partial charge in [0.2, 0.25) is 0 Å². The maximum absolute atomic E-state index is 12.0. The summed E-state index contributed by atoms with van der Waals surface area (Å²) in [4.78, 5) is 22.1. The Balaban J connectivity index is 1.65. The summed E-state index contributed by atoms with van der Waals surface area (Å²) >= 11 is 0. The van der Waals surface area contributed by atoms with Crippen LogP contribution in [0.2, 0.25) is 0 Å². The first-order valence-corrected chi connectivity index (χ1v) is 7.25. The van der Waals surface area contributed by atoms with Crippen LogP contribution in [0.15, 0.2) is 42.9 Å². The van der Waals surface area contributed by atoms with E-state index in [9.17, 15) is 4.79 Å². The lowest BCUT2D eigenvalue weighted by Crippen LogP contribution is -2.29. The molecule has 2 aromatic rings. The van der Waals surface area contributed by atoms with Crippen LogP contribution in [0.25, 0.3) is 0 Å². The van der Waals surface area contributed by atoms with Crippen LogP contribution in [0.5, 0.6) is 0 Å². The number of hydrogen-bond donors (Lipinski definition) is 1. The summed E-state index contributed by atoms with van der Waals surface area (Å²) in [5.41, 5.74) is 2.36. The van der Waals surface area contributed by atoms with E-state index < -0.39 is 0 Å². The van der Waals surface area contributed by atoms with Crippen molar-refractivity contribution in [3.63, 3.8) is 0 Å². The number of carbonyl (C=O) groups excluding carboxylic acids is 1. The first-order chi connectivity index (χ1) is 10.3. The molecule has 1 N–H and O–H groups in total. The summed E-state index contributed by atoms with van der Waals surface area (Å²) in [5.74, 6) is -0.219. The first-order valence-electron chi connectivity index (χ1n) is 7.25. The van der Waals surface area contributed by atoms with Crippen LogP contribution in [0.1, 0.15) is 29.8 Å². The zero-order valence-corrected chi connectivity index (χ0v) is 11.8. The minimum Gasteiger partial charge on any atom is -0.372 e. The van der Waals surface area contributed by atoms with E-state index in [1.807, 2.05) is 12.1 Å². The van der Waals surface area contributed by atoms with Gasteiger partial charge in [-0.25, -0.2) is 9.97 Å². The number of carbonyl (C=O) groups is 1. The average molecular weight is 282 g/mol. The Morgan fingerprint density at radius 3 is 2.48 bits per heavy atom. The molecule has 5 heteroatoms. The van der Waals surface area contributed by atoms with E-state index in [0.29, 0.717) is 5.69 Å². The largest absolute Gasteiger partial charge is 0.372 e. The van der Waals surface area contributed by atoms with Crippen molar-refractivity contribution in [1.82, 2.24) is 9.97 Å². The zero-order valence-electron chi connectivity index (χ0n) is 11.8. The monoisotopic (exact) mass is 282 g/mol. The molecular weight excluding hydrogens is 264 g/mol. The van der Waals surface area contributed by atoms with Gasteiger partial charge < -0.3 is 10.2 Å². The molecule has 0 radical (unpaired) electrons. The van der Waals surface area contributed by atoms with E-state index >= 15 is 0 Å². The Morgan fingerprint density at radius 1 is 1.05 bits per heavy atom. The molecule has 21 heavy (non-hydrogen) atoms. The third-order valence-electron chi connectivity index (χ3n) is 3.66. The standard InChI is InChI=1S/C16H18N4O/c21-16(15-8-9-17-12-18-15)19-13-4-6-14(7-5-13)20-10-2-1-3-11-20/h4-9,12H,1-3,10-11H2,(H,19,21). The van der Waals surface area contributed by atoms with Crippen molar-refractivity contribution < 1.29 is 4.79 Å². The maximum Gasteiger partial charge on any atom is 0.274 e. The van der Waals surface area contributed by atoms with Crippen LogP contribution in [0, 0.1) is 0 Å². The molecule has 0 spiro atoms. The Kier molecular flexibility index (Phi) is 4.09. The van der Waals surface area contributed by atoms with Gasteiger partial charge in [-0.1, -0.05) is 0 Å². The highest BCUT2D eigenvalue weighted by molar-refractivity contribution is 6.02. The summed E-state index contributed by atoms with van der Waals surface area (Å²) in [6.07, 6.45) is 6.76. The van der Waals surface area contributed by atoms with Crippen LogP contribution in [-0.2, 0) is 0 Å². The summed E-state index contributed by atoms with van der Waals surface area (Å²) in [7, 11) is 0. The molecule has 0 aliphatic carbocycles. The van der Waals surface area contributed by atoms with Crippen molar-refractivity contribution in [1.29, 1.82) is 0 Å². The molecule has 1 aromatic heterocycles. The third kappa shape index (κ3) is 3.37. The Morgan fingerprint density at radius 2 is 1.81 bits per heavy atom. The molecule has 1 aromatic carbocycles. The topological polar surface area (TPSA) is 58.1 Å². The van der Waals surface area contributed by atoms with Crippen LogP contribution < -0.4 is 10.2 Å². The van der Waals surface area contributed by atoms with Gasteiger partial charge in [0.15, 0.2) is 0 Å². The molecule has 1 aliphatic rings. The second-order valence-corrected chi connectivity index (χ2v) is 5.14. The van der Waals surface area contributed by atoms with E-state index in [1.54, 1.807) is 12.3 Å². The van der Waals surface area contributed by atoms with Crippen molar-refractivity contribution in [2.24, 2.45) is 0 Å². The van der Waals surface area contributed by atoms with Gasteiger partial charge in [-0.05, 0) is 49.6 Å². The normalized spacial score (nSPS) is 14.8. The summed E-state index contributed by atoms with van der Waals surface area (Å²) in [6.45, 7) is 2.24. The van der Waals surface area contributed by atoms with Gasteiger partial charge in [0.05, 0.1) is 0 Å². The van der Waals surface area contributed by atoms with Gasteiger partial charge >= 0.3 is 0 Å². The van der Waals surface area contributed by atoms with Crippen LogP contribution in [-0.4, -0.2) is 29.0 Å². The molecule has 1 amide bonds. The molecule has 108 valence electrons. The van der Waals surface area contributed by atoms with Gasteiger partial charge in [-0.2, -0.15) is 0 Å². The number of amides is 1. The number of rotatable bonds is 3. The molecule has 1 aliphatic heterocycles. The second kappa shape index (κ2) is 6.35. The van der Waals surface area contributed by atoms with Gasteiger partial charge in [-0.3, -0.25) is 4.79 Å². The highest BCUT2D eigenvalue weighted by atomic mass is 16.1. The Bertz CT molecular complexity index is 591. The lowest BCUT2D eigenvalue weighted by Gasteiger charge is -2.28. The van der Waals surface area contributed by atoms with Gasteiger partial charge in [0.1, 0.15) is 12.0 Å². The van der Waals surface area contributed by atoms with Crippen molar-refractivity contribution in [2.75, 3.05) is 23.3 Å². The minimum absolute atomic E-state index is 0.219. The number of benzene rings is 1. The molecular formula is C16H18N4O. The fourth-order valence-electron chi connectivity index (χ4n) is 2.53. The van der Waals surface area contributed by atoms with Gasteiger partial charge in [-0.15, -0.1) is 0 Å².